The summed E-state index contributed by atoms with van der Waals surface area (Å²) in [6, 6.07) is 0. The largest absolute Gasteiger partial charge is 0.481 e. The summed E-state index contributed by atoms with van der Waals surface area (Å²) >= 11 is 0. The van der Waals surface area contributed by atoms with Crippen LogP contribution in [0, 0.1) is 5.92 Å². The van der Waals surface area contributed by atoms with Crippen LogP contribution in [-0.2, 0) is 19.2 Å². The van der Waals surface area contributed by atoms with E-state index in [1.165, 1.54) is 0 Å². The van der Waals surface area contributed by atoms with E-state index < -0.39 is 5.97 Å². The van der Waals surface area contributed by atoms with E-state index in [0.717, 1.165) is 12.8 Å². The first kappa shape index (κ1) is 18.1. The monoisotopic (exact) mass is 289 g/mol. The number of hydrogen-bond acceptors (Lipinski definition) is 6. The second kappa shape index (κ2) is 11.0. The Morgan fingerprint density at radius 2 is 1.95 bits per heavy atom. The average Bonchev–Trinajstić information content (AvgIpc) is 2.37. The topological polar surface area (TPSA) is 101 Å². The first-order valence-electron chi connectivity index (χ1n) is 6.56. The van der Waals surface area contributed by atoms with Crippen molar-refractivity contribution in [1.82, 2.24) is 5.01 Å². The molecule has 116 valence electrons. The van der Waals surface area contributed by atoms with Gasteiger partial charge < -0.3 is 14.7 Å². The van der Waals surface area contributed by atoms with Gasteiger partial charge in [0.2, 0.25) is 0 Å². The SMILES string of the molecule is CC(C)C(=O)OCO/N=N\N(C)CCCCCC(=O)O. The van der Waals surface area contributed by atoms with Crippen LogP contribution in [0.25, 0.3) is 0 Å². The fourth-order valence-corrected chi connectivity index (χ4v) is 1.20. The summed E-state index contributed by atoms with van der Waals surface area (Å²) in [4.78, 5) is 26.0. The fraction of sp³-hybridized carbons (Fsp3) is 0.833. The fourth-order valence-electron chi connectivity index (χ4n) is 1.20. The van der Waals surface area contributed by atoms with E-state index in [-0.39, 0.29) is 25.1 Å². The third kappa shape index (κ3) is 11.2. The molecule has 0 radical (unpaired) electrons. The van der Waals surface area contributed by atoms with Gasteiger partial charge in [0.05, 0.1) is 5.92 Å². The van der Waals surface area contributed by atoms with Crippen LogP contribution in [0.3, 0.4) is 0 Å². The molecular weight excluding hydrogens is 266 g/mol. The van der Waals surface area contributed by atoms with Gasteiger partial charge in [0.25, 0.3) is 6.79 Å². The first-order valence-corrected chi connectivity index (χ1v) is 6.56. The highest BCUT2D eigenvalue weighted by atomic mass is 16.8. The quantitative estimate of drug-likeness (QED) is 0.205. The van der Waals surface area contributed by atoms with Crippen LogP contribution < -0.4 is 0 Å². The summed E-state index contributed by atoms with van der Waals surface area (Å²) in [6.45, 7) is 3.84. The minimum absolute atomic E-state index is 0.190. The van der Waals surface area contributed by atoms with Crippen LogP contribution in [0.5, 0.6) is 0 Å². The molecule has 0 amide bonds. The molecule has 0 rings (SSSR count). The number of esters is 1. The summed E-state index contributed by atoms with van der Waals surface area (Å²) in [5.74, 6) is -1.33. The van der Waals surface area contributed by atoms with Crippen molar-refractivity contribution in [2.75, 3.05) is 20.4 Å². The van der Waals surface area contributed by atoms with Crippen molar-refractivity contribution in [2.45, 2.75) is 39.5 Å². The van der Waals surface area contributed by atoms with E-state index >= 15 is 0 Å². The van der Waals surface area contributed by atoms with Crippen molar-refractivity contribution in [3.8, 4) is 0 Å². The lowest BCUT2D eigenvalue weighted by Crippen LogP contribution is -2.14. The summed E-state index contributed by atoms with van der Waals surface area (Å²) in [5, 5.41) is 17.2. The lowest BCUT2D eigenvalue weighted by molar-refractivity contribution is -0.161. The van der Waals surface area contributed by atoms with Crippen molar-refractivity contribution in [2.24, 2.45) is 16.4 Å². The first-order chi connectivity index (χ1) is 9.43. The number of ether oxygens (including phenoxy) is 1. The van der Waals surface area contributed by atoms with Crippen molar-refractivity contribution in [3.05, 3.63) is 0 Å². The third-order valence-corrected chi connectivity index (χ3v) is 2.34. The van der Waals surface area contributed by atoms with Crippen LogP contribution in [-0.4, -0.2) is 42.4 Å². The minimum Gasteiger partial charge on any atom is -0.481 e. The van der Waals surface area contributed by atoms with Crippen molar-refractivity contribution < 1.29 is 24.3 Å². The molecule has 0 saturated carbocycles. The molecule has 0 heterocycles. The third-order valence-electron chi connectivity index (χ3n) is 2.34. The van der Waals surface area contributed by atoms with Gasteiger partial charge in [-0.3, -0.25) is 14.6 Å². The Bertz CT molecular complexity index is 320. The molecule has 0 aliphatic heterocycles. The molecule has 0 aromatic rings. The molecule has 1 N–H and O–H groups in total. The smallest absolute Gasteiger partial charge is 0.311 e. The number of unbranched alkanes of at least 4 members (excludes halogenated alkanes) is 2. The Morgan fingerprint density at radius 1 is 1.25 bits per heavy atom. The Hall–Kier alpha value is -1.86. The molecule has 0 unspecified atom stereocenters. The van der Waals surface area contributed by atoms with E-state index in [2.05, 4.69) is 15.3 Å². The lowest BCUT2D eigenvalue weighted by atomic mass is 10.2. The highest BCUT2D eigenvalue weighted by Crippen LogP contribution is 2.01. The molecule has 0 bridgehead atoms. The highest BCUT2D eigenvalue weighted by molar-refractivity contribution is 5.71. The van der Waals surface area contributed by atoms with Gasteiger partial charge in [-0.1, -0.05) is 20.3 Å². The summed E-state index contributed by atoms with van der Waals surface area (Å²) in [7, 11) is 1.73. The number of aliphatic carboxylic acids is 1. The molecular formula is C12H23N3O5. The number of nitrogens with zero attached hydrogens (tertiary/aromatic N) is 3. The van der Waals surface area contributed by atoms with Crippen molar-refractivity contribution in [3.63, 3.8) is 0 Å². The lowest BCUT2D eigenvalue weighted by Gasteiger charge is -2.10. The molecule has 0 atom stereocenters. The van der Waals surface area contributed by atoms with Gasteiger partial charge in [0.15, 0.2) is 0 Å². The van der Waals surface area contributed by atoms with Gasteiger partial charge in [-0.25, -0.2) is 0 Å². The Morgan fingerprint density at radius 3 is 2.55 bits per heavy atom. The zero-order chi connectivity index (χ0) is 15.4. The summed E-state index contributed by atoms with van der Waals surface area (Å²) in [6.07, 6.45) is 2.49. The zero-order valence-electron chi connectivity index (χ0n) is 12.2. The summed E-state index contributed by atoms with van der Waals surface area (Å²) < 4.78 is 4.73. The van der Waals surface area contributed by atoms with E-state index in [1.54, 1.807) is 25.9 Å². The van der Waals surface area contributed by atoms with Gasteiger partial charge in [0, 0.05) is 25.3 Å². The van der Waals surface area contributed by atoms with E-state index in [4.69, 9.17) is 9.84 Å². The van der Waals surface area contributed by atoms with Gasteiger partial charge in [-0.05, 0) is 18.1 Å². The molecule has 20 heavy (non-hydrogen) atoms. The molecule has 0 spiro atoms. The van der Waals surface area contributed by atoms with Crippen LogP contribution in [0.1, 0.15) is 39.5 Å². The number of rotatable bonds is 11. The van der Waals surface area contributed by atoms with E-state index in [9.17, 15) is 9.59 Å². The van der Waals surface area contributed by atoms with Crippen molar-refractivity contribution in [1.29, 1.82) is 0 Å². The molecule has 8 nitrogen and oxygen atoms in total. The average molecular weight is 289 g/mol. The molecule has 0 aliphatic carbocycles. The Kier molecular flexibility index (Phi) is 9.98. The van der Waals surface area contributed by atoms with Gasteiger partial charge in [-0.2, -0.15) is 0 Å². The maximum absolute atomic E-state index is 11.1. The van der Waals surface area contributed by atoms with Crippen molar-refractivity contribution >= 4 is 11.9 Å². The molecule has 0 saturated heterocycles. The predicted molar refractivity (Wildman–Crippen MR) is 70.5 cm³/mol. The van der Waals surface area contributed by atoms with Crippen LogP contribution in [0.15, 0.2) is 10.5 Å². The normalized spacial score (nSPS) is 10.8. The van der Waals surface area contributed by atoms with E-state index in [0.29, 0.717) is 13.0 Å². The predicted octanol–water partition coefficient (Wildman–Crippen LogP) is 2.02. The zero-order valence-corrected chi connectivity index (χ0v) is 12.2. The van der Waals surface area contributed by atoms with Gasteiger partial charge >= 0.3 is 11.9 Å². The highest BCUT2D eigenvalue weighted by Gasteiger charge is 2.07. The second-order valence-electron chi connectivity index (χ2n) is 4.62. The van der Waals surface area contributed by atoms with Crippen LogP contribution in [0.2, 0.25) is 0 Å². The molecule has 8 heteroatoms. The van der Waals surface area contributed by atoms with Crippen LogP contribution in [0.4, 0.5) is 0 Å². The van der Waals surface area contributed by atoms with E-state index in [1.807, 2.05) is 0 Å². The maximum Gasteiger partial charge on any atom is 0.311 e. The number of carboxylic acid groups (broad SMARTS) is 1. The Balaban J connectivity index is 3.51. The Labute approximate surface area is 118 Å². The number of carboxylic acids is 1. The number of carbonyl (C=O) groups is 2. The molecule has 0 aromatic carbocycles. The molecule has 0 aromatic heterocycles. The standard InChI is InChI=1S/C12H23N3O5/c1-10(2)12(18)19-9-20-14-13-15(3)8-6-4-5-7-11(16)17/h10H,4-9H2,1-3H3,(H,16,17)/b14-13-. The van der Waals surface area contributed by atoms with Gasteiger partial charge in [0.1, 0.15) is 0 Å². The molecule has 0 aliphatic rings. The number of carbonyl (C=O) groups excluding carboxylic acids is 1. The maximum atomic E-state index is 11.1. The van der Waals surface area contributed by atoms with Gasteiger partial charge in [-0.15, -0.1) is 0 Å². The minimum atomic E-state index is -0.776. The second-order valence-corrected chi connectivity index (χ2v) is 4.62. The number of hydrogen-bond donors (Lipinski definition) is 1. The van der Waals surface area contributed by atoms with Crippen LogP contribution >= 0.6 is 0 Å². The molecule has 0 fully saturated rings. The summed E-state index contributed by atoms with van der Waals surface area (Å²) in [5.41, 5.74) is 0.